The lowest BCUT2D eigenvalue weighted by Gasteiger charge is -2.31. The van der Waals surface area contributed by atoms with E-state index in [-0.39, 0.29) is 11.9 Å². The zero-order valence-electron chi connectivity index (χ0n) is 15.2. The van der Waals surface area contributed by atoms with Crippen molar-refractivity contribution in [2.45, 2.75) is 26.8 Å². The molecule has 2 aliphatic heterocycles. The van der Waals surface area contributed by atoms with E-state index in [0.29, 0.717) is 31.6 Å². The van der Waals surface area contributed by atoms with Crippen LogP contribution in [0.5, 0.6) is 0 Å². The number of fused-ring (bicyclic) bond motifs is 1. The van der Waals surface area contributed by atoms with Crippen LogP contribution in [0.25, 0.3) is 0 Å². The maximum atomic E-state index is 12.7. The van der Waals surface area contributed by atoms with Gasteiger partial charge in [0.2, 0.25) is 11.9 Å². The number of aliphatic imine (C=N–C) groups is 1. The molecule has 25 heavy (non-hydrogen) atoms. The normalized spacial score (nSPS) is 20.5. The molecule has 0 N–H and O–H groups in total. The molecular weight excluding hydrogens is 324 g/mol. The van der Waals surface area contributed by atoms with Crippen LogP contribution >= 0.6 is 0 Å². The smallest absolute Gasteiger partial charge is 0.378 e. The molecule has 3 amide bonds. The van der Waals surface area contributed by atoms with Gasteiger partial charge >= 0.3 is 12.0 Å². The van der Waals surface area contributed by atoms with Crippen LogP contribution in [-0.4, -0.2) is 87.8 Å². The first-order chi connectivity index (χ1) is 11.9. The Kier molecular flexibility index (Phi) is 4.42. The fourth-order valence-corrected chi connectivity index (χ4v) is 3.12. The fraction of sp³-hybridized carbons (Fsp3) is 0.562. The second-order valence-corrected chi connectivity index (χ2v) is 6.14. The Balaban J connectivity index is 2.09. The Hall–Kier alpha value is -2.55. The van der Waals surface area contributed by atoms with Gasteiger partial charge in [0.15, 0.2) is 0 Å². The summed E-state index contributed by atoms with van der Waals surface area (Å²) in [6.07, 6.45) is 0. The lowest BCUT2D eigenvalue weighted by molar-refractivity contribution is -0.540. The average molecular weight is 347 g/mol. The Bertz CT molecular complexity index is 794. The number of rotatable bonds is 4. The average Bonchev–Trinajstić information content (AvgIpc) is 3.11. The first kappa shape index (κ1) is 17.3. The number of carbonyl (C=O) groups is 2. The lowest BCUT2D eigenvalue weighted by Crippen LogP contribution is -2.61. The number of nitrogens with zero attached hydrogens (tertiary/aromatic N) is 6. The third kappa shape index (κ3) is 2.74. The monoisotopic (exact) mass is 347 g/mol. The highest BCUT2D eigenvalue weighted by Gasteiger charge is 2.52. The van der Waals surface area contributed by atoms with Crippen LogP contribution < -0.4 is 0 Å². The van der Waals surface area contributed by atoms with E-state index in [2.05, 4.69) is 10.1 Å². The second kappa shape index (κ2) is 6.40. The molecule has 1 aromatic rings. The topological polar surface area (TPSA) is 83.0 Å². The third-order valence-electron chi connectivity index (χ3n) is 4.39. The van der Waals surface area contributed by atoms with Gasteiger partial charge < -0.3 is 4.74 Å². The predicted molar refractivity (Wildman–Crippen MR) is 90.9 cm³/mol. The summed E-state index contributed by atoms with van der Waals surface area (Å²) in [5, 5.41) is 4.48. The first-order valence-corrected chi connectivity index (χ1v) is 8.25. The van der Waals surface area contributed by atoms with Crippen molar-refractivity contribution in [3.8, 4) is 0 Å². The number of amidine groups is 1. The van der Waals surface area contributed by atoms with E-state index < -0.39 is 6.04 Å². The van der Waals surface area contributed by atoms with Crippen LogP contribution in [0.15, 0.2) is 11.1 Å². The molecule has 1 saturated heterocycles. The Morgan fingerprint density at radius 3 is 2.56 bits per heavy atom. The third-order valence-corrected chi connectivity index (χ3v) is 4.39. The highest BCUT2D eigenvalue weighted by Crippen LogP contribution is 2.20. The van der Waals surface area contributed by atoms with E-state index >= 15 is 0 Å². The number of amides is 3. The highest BCUT2D eigenvalue weighted by molar-refractivity contribution is 6.22. The summed E-state index contributed by atoms with van der Waals surface area (Å²) in [4.78, 5) is 32.1. The number of aryl methyl sites for hydroxylation is 2. The molecule has 134 valence electrons. The molecule has 1 atom stereocenters. The summed E-state index contributed by atoms with van der Waals surface area (Å²) in [5.74, 6) is 0.663. The highest BCUT2D eigenvalue weighted by atomic mass is 16.5. The zero-order valence-corrected chi connectivity index (χ0v) is 15.2. The molecule has 3 heterocycles. The predicted octanol–water partition coefficient (Wildman–Crippen LogP) is 0.0575. The number of imide groups is 1. The van der Waals surface area contributed by atoms with E-state index in [0.717, 1.165) is 16.3 Å². The molecule has 2 aliphatic rings. The second-order valence-electron chi connectivity index (χ2n) is 6.14. The molecule has 0 radical (unpaired) electrons. The van der Waals surface area contributed by atoms with Crippen molar-refractivity contribution in [1.82, 2.24) is 19.6 Å². The maximum Gasteiger partial charge on any atom is 0.421 e. The minimum absolute atomic E-state index is 0.296. The quantitative estimate of drug-likeness (QED) is 0.569. The number of likely N-dealkylation sites (N-methyl/N-ethyl adjacent to an activating group) is 2. The molecule has 9 nitrogen and oxygen atoms in total. The van der Waals surface area contributed by atoms with Crippen LogP contribution in [0.2, 0.25) is 0 Å². The molecule has 0 aromatic carbocycles. The van der Waals surface area contributed by atoms with Crippen LogP contribution in [0.1, 0.15) is 18.3 Å². The molecule has 1 fully saturated rings. The molecule has 1 unspecified atom stereocenters. The number of hydrogen-bond donors (Lipinski definition) is 0. The minimum Gasteiger partial charge on any atom is -0.378 e. The van der Waals surface area contributed by atoms with Crippen molar-refractivity contribution >= 4 is 23.7 Å². The summed E-state index contributed by atoms with van der Waals surface area (Å²) < 4.78 is 9.02. The maximum absolute atomic E-state index is 12.7. The van der Waals surface area contributed by atoms with Gasteiger partial charge in [0, 0.05) is 20.7 Å². The van der Waals surface area contributed by atoms with Crippen molar-refractivity contribution < 1.29 is 18.9 Å². The Morgan fingerprint density at radius 1 is 1.24 bits per heavy atom. The minimum atomic E-state index is -0.646. The number of hydrogen-bond acceptors (Lipinski definition) is 5. The van der Waals surface area contributed by atoms with Gasteiger partial charge in [-0.3, -0.25) is 14.6 Å². The van der Waals surface area contributed by atoms with Crippen molar-refractivity contribution in [3.63, 3.8) is 0 Å². The van der Waals surface area contributed by atoms with E-state index in [9.17, 15) is 9.59 Å². The van der Waals surface area contributed by atoms with Crippen LogP contribution in [0, 0.1) is 13.8 Å². The van der Waals surface area contributed by atoms with E-state index in [1.54, 1.807) is 11.7 Å². The fourth-order valence-electron chi connectivity index (χ4n) is 3.12. The Labute approximate surface area is 146 Å². The van der Waals surface area contributed by atoms with E-state index in [1.807, 2.05) is 31.4 Å². The van der Waals surface area contributed by atoms with E-state index in [4.69, 9.17) is 4.74 Å². The lowest BCUT2D eigenvalue weighted by atomic mass is 10.1. The van der Waals surface area contributed by atoms with Gasteiger partial charge in [-0.25, -0.2) is 9.37 Å². The number of urea groups is 1. The molecule has 3 rings (SSSR count). The molecule has 0 aliphatic carbocycles. The molecule has 0 bridgehead atoms. The largest absolute Gasteiger partial charge is 0.421 e. The molecular formula is C16H23N6O3+. The van der Waals surface area contributed by atoms with Gasteiger partial charge in [0.25, 0.3) is 5.91 Å². The molecule has 1 aromatic heterocycles. The summed E-state index contributed by atoms with van der Waals surface area (Å²) in [7, 11) is 3.11. The van der Waals surface area contributed by atoms with Gasteiger partial charge in [-0.1, -0.05) is 4.99 Å². The number of ether oxygens (including phenoxy) is 1. The first-order valence-electron chi connectivity index (χ1n) is 8.25. The summed E-state index contributed by atoms with van der Waals surface area (Å²) in [5.41, 5.74) is 1.77. The molecule has 0 saturated carbocycles. The summed E-state index contributed by atoms with van der Waals surface area (Å²) in [6, 6.07) is 0.907. The van der Waals surface area contributed by atoms with Gasteiger partial charge in [-0.05, 0) is 26.8 Å². The summed E-state index contributed by atoms with van der Waals surface area (Å²) >= 11 is 0. The SMILES string of the molecule is CCOCC[N+]1=C(n2nc(C)cc2C)N=C2C1C(=O)N(C)C(=O)N2C. The molecule has 0 spiro atoms. The van der Waals surface area contributed by atoms with Crippen molar-refractivity contribution in [1.29, 1.82) is 0 Å². The van der Waals surface area contributed by atoms with Crippen molar-refractivity contribution in [2.75, 3.05) is 33.9 Å². The number of aromatic nitrogens is 2. The van der Waals surface area contributed by atoms with Gasteiger partial charge in [-0.15, -0.1) is 9.78 Å². The van der Waals surface area contributed by atoms with Crippen LogP contribution in [0.4, 0.5) is 4.79 Å². The van der Waals surface area contributed by atoms with Gasteiger partial charge in [0.1, 0.15) is 5.69 Å². The number of carbonyl (C=O) groups excluding carboxylic acids is 2. The van der Waals surface area contributed by atoms with Crippen LogP contribution in [0.3, 0.4) is 0 Å². The van der Waals surface area contributed by atoms with Gasteiger partial charge in [-0.2, -0.15) is 0 Å². The van der Waals surface area contributed by atoms with E-state index in [1.165, 1.54) is 11.9 Å². The van der Waals surface area contributed by atoms with Gasteiger partial charge in [0.05, 0.1) is 18.8 Å². The molecule has 9 heteroatoms. The van der Waals surface area contributed by atoms with Crippen LogP contribution in [-0.2, 0) is 9.53 Å². The van der Waals surface area contributed by atoms with Crippen molar-refractivity contribution in [2.24, 2.45) is 4.99 Å². The standard InChI is InChI=1S/C16H23N6O3/c1-6-25-8-7-21-12-13(19(4)16(24)20(5)14(12)23)17-15(21)22-11(3)9-10(2)18-22/h9,12H,6-8H2,1-5H3/q+1. The summed E-state index contributed by atoms with van der Waals surface area (Å²) in [6.45, 7) is 7.27. The Morgan fingerprint density at radius 2 is 1.96 bits per heavy atom. The zero-order chi connectivity index (χ0) is 18.3. The van der Waals surface area contributed by atoms with Crippen molar-refractivity contribution in [3.05, 3.63) is 17.5 Å².